The first kappa shape index (κ1) is 26.1. The lowest BCUT2D eigenvalue weighted by atomic mass is 9.99. The number of rotatable bonds is 3. The Hall–Kier alpha value is -5.56. The number of hydrogen-bond acceptors (Lipinski definition) is 7. The number of nitrogens with zero attached hydrogens (tertiary/aromatic N) is 4. The van der Waals surface area contributed by atoms with Crippen LogP contribution in [0.4, 0.5) is 5.82 Å². The van der Waals surface area contributed by atoms with Gasteiger partial charge in [-0.15, -0.1) is 0 Å². The molecule has 5 aromatic rings. The molecule has 3 aromatic heterocycles. The molecule has 1 amide bonds. The van der Waals surface area contributed by atoms with Crippen LogP contribution in [0.5, 0.6) is 0 Å². The molecule has 1 aliphatic heterocycles. The highest BCUT2D eigenvalue weighted by molar-refractivity contribution is 5.96. The molecular formula is C30H27N7O3. The van der Waals surface area contributed by atoms with E-state index >= 15 is 0 Å². The molecule has 2 aromatic carbocycles. The normalized spacial score (nSPS) is 11.6. The van der Waals surface area contributed by atoms with Gasteiger partial charge in [0.2, 0.25) is 5.43 Å². The summed E-state index contributed by atoms with van der Waals surface area (Å²) < 4.78 is 9.28. The van der Waals surface area contributed by atoms with Crippen LogP contribution in [0, 0.1) is 11.8 Å². The molecule has 10 nitrogen and oxygen atoms in total. The number of nitrogen functional groups attached to an aromatic ring is 1. The van der Waals surface area contributed by atoms with Crippen LogP contribution in [-0.4, -0.2) is 31.9 Å². The number of hydrogen-bond donors (Lipinski definition) is 3. The average molecular weight is 534 g/mol. The van der Waals surface area contributed by atoms with Crippen LogP contribution in [0.2, 0.25) is 0 Å². The number of carbonyl (C=O) groups is 1. The molecule has 0 bridgehead atoms. The van der Waals surface area contributed by atoms with Crippen molar-refractivity contribution in [2.24, 2.45) is 12.8 Å². The largest absolute Gasteiger partial charge is 0.460 e. The second-order valence-electron chi connectivity index (χ2n) is 8.95. The van der Waals surface area contributed by atoms with Gasteiger partial charge in [0.1, 0.15) is 11.3 Å². The van der Waals surface area contributed by atoms with E-state index in [4.69, 9.17) is 15.9 Å². The fraction of sp³-hybridized carbons (Fsp3) is 0.133. The third-order valence-electron chi connectivity index (χ3n) is 6.22. The number of aromatic nitrogens is 4. The van der Waals surface area contributed by atoms with Crippen LogP contribution < -0.4 is 22.3 Å². The highest BCUT2D eigenvalue weighted by atomic mass is 16.3. The van der Waals surface area contributed by atoms with Crippen molar-refractivity contribution in [3.63, 3.8) is 0 Å². The maximum Gasteiger partial charge on any atom is 0.271 e. The van der Waals surface area contributed by atoms with Crippen LogP contribution in [0.1, 0.15) is 40.1 Å². The zero-order valence-electron chi connectivity index (χ0n) is 22.0. The minimum absolute atomic E-state index is 0.0459. The lowest BCUT2D eigenvalue weighted by Crippen LogP contribution is -2.27. The molecule has 10 heteroatoms. The minimum Gasteiger partial charge on any atom is -0.460 e. The molecule has 0 fully saturated rings. The van der Waals surface area contributed by atoms with Crippen molar-refractivity contribution in [1.29, 1.82) is 0 Å². The van der Waals surface area contributed by atoms with Crippen LogP contribution >= 0.6 is 0 Å². The summed E-state index contributed by atoms with van der Waals surface area (Å²) in [6, 6.07) is 15.2. The van der Waals surface area contributed by atoms with Gasteiger partial charge >= 0.3 is 0 Å². The van der Waals surface area contributed by atoms with Crippen molar-refractivity contribution < 1.29 is 9.21 Å². The third kappa shape index (κ3) is 5.08. The molecule has 40 heavy (non-hydrogen) atoms. The summed E-state index contributed by atoms with van der Waals surface area (Å²) in [6.45, 7) is 2.62. The number of anilines is 1. The molecule has 4 heterocycles. The molecule has 200 valence electrons. The Morgan fingerprint density at radius 3 is 2.65 bits per heavy atom. The van der Waals surface area contributed by atoms with E-state index in [1.807, 2.05) is 74.8 Å². The van der Waals surface area contributed by atoms with E-state index in [0.29, 0.717) is 46.6 Å². The molecule has 0 spiro atoms. The van der Waals surface area contributed by atoms with Gasteiger partial charge in [0.25, 0.3) is 5.91 Å². The summed E-state index contributed by atoms with van der Waals surface area (Å²) >= 11 is 0. The molecule has 0 saturated carbocycles. The van der Waals surface area contributed by atoms with Crippen molar-refractivity contribution in [1.82, 2.24) is 19.4 Å². The number of nitrogens with one attached hydrogen (secondary N) is 1. The van der Waals surface area contributed by atoms with Gasteiger partial charge in [-0.05, 0) is 23.8 Å². The van der Waals surface area contributed by atoms with Crippen molar-refractivity contribution in [3.8, 4) is 23.0 Å². The Morgan fingerprint density at radius 1 is 1.15 bits per heavy atom. The van der Waals surface area contributed by atoms with Crippen molar-refractivity contribution in [2.75, 3.05) is 17.7 Å². The molecular weight excluding hydrogens is 506 g/mol. The van der Waals surface area contributed by atoms with E-state index in [1.54, 1.807) is 17.0 Å². The number of nitrogens with two attached hydrogens (primary N) is 2. The molecule has 0 unspecified atom stereocenters. The maximum atomic E-state index is 13.4. The van der Waals surface area contributed by atoms with Gasteiger partial charge in [-0.1, -0.05) is 61.2 Å². The first-order valence-corrected chi connectivity index (χ1v) is 12.6. The van der Waals surface area contributed by atoms with E-state index in [-0.39, 0.29) is 16.9 Å². The number of imidazole rings is 1. The smallest absolute Gasteiger partial charge is 0.271 e. The molecule has 5 N–H and O–H groups in total. The number of primary amides is 1. The maximum absolute atomic E-state index is 13.4. The number of carbonyl (C=O) groups excluding carboxylic acids is 1. The molecule has 6 rings (SSSR count). The van der Waals surface area contributed by atoms with E-state index in [9.17, 15) is 9.59 Å². The zero-order chi connectivity index (χ0) is 28.2. The summed E-state index contributed by atoms with van der Waals surface area (Å²) in [5, 5.41) is 4.64. The second kappa shape index (κ2) is 11.0. The summed E-state index contributed by atoms with van der Waals surface area (Å²) in [6.07, 6.45) is 7.84. The van der Waals surface area contributed by atoms with Gasteiger partial charge in [-0.2, -0.15) is 5.10 Å². The molecule has 0 saturated heterocycles. The van der Waals surface area contributed by atoms with Crippen molar-refractivity contribution >= 4 is 28.8 Å². The topological polar surface area (TPSA) is 147 Å². The Morgan fingerprint density at radius 2 is 1.95 bits per heavy atom. The predicted octanol–water partition coefficient (Wildman–Crippen LogP) is 3.29. The van der Waals surface area contributed by atoms with Crippen LogP contribution in [0.3, 0.4) is 0 Å². The molecule has 1 aliphatic rings. The second-order valence-corrected chi connectivity index (χ2v) is 8.95. The summed E-state index contributed by atoms with van der Waals surface area (Å²) in [7, 11) is 1.84. The monoisotopic (exact) mass is 533 g/mol. The summed E-state index contributed by atoms with van der Waals surface area (Å²) in [5.41, 5.74) is 17.2. The predicted molar refractivity (Wildman–Crippen MR) is 155 cm³/mol. The van der Waals surface area contributed by atoms with Gasteiger partial charge in [0.05, 0.1) is 22.7 Å². The van der Waals surface area contributed by atoms with Gasteiger partial charge < -0.3 is 21.3 Å². The van der Waals surface area contributed by atoms with Gasteiger partial charge in [-0.25, -0.2) is 9.66 Å². The fourth-order valence-corrected chi connectivity index (χ4v) is 4.43. The van der Waals surface area contributed by atoms with Crippen LogP contribution in [0.25, 0.3) is 28.2 Å². The Labute approximate surface area is 229 Å². The van der Waals surface area contributed by atoms with Crippen LogP contribution in [0.15, 0.2) is 76.2 Å². The quantitative estimate of drug-likeness (QED) is 0.302. The number of fused-ring (bicyclic) bond motifs is 2. The lowest BCUT2D eigenvalue weighted by molar-refractivity contribution is 0.0993. The van der Waals surface area contributed by atoms with E-state index in [0.717, 1.165) is 11.1 Å². The highest BCUT2D eigenvalue weighted by Crippen LogP contribution is 2.26. The SMILES string of the molecule is CCc1oc2cccc(C#Cc3cnn(C)c3)c2c(=O)c1-c1ccccc1.NC(=O)c1c(N)nc2n1NCC=C2. The fourth-order valence-electron chi connectivity index (χ4n) is 4.43. The molecule has 0 radical (unpaired) electrons. The summed E-state index contributed by atoms with van der Waals surface area (Å²) in [4.78, 5) is 28.3. The first-order valence-electron chi connectivity index (χ1n) is 12.6. The highest BCUT2D eigenvalue weighted by Gasteiger charge is 2.19. The van der Waals surface area contributed by atoms with E-state index < -0.39 is 5.91 Å². The van der Waals surface area contributed by atoms with Crippen molar-refractivity contribution in [2.45, 2.75) is 13.3 Å². The average Bonchev–Trinajstić information content (AvgIpc) is 3.53. The Balaban J connectivity index is 0.000000207. The Kier molecular flexibility index (Phi) is 7.20. The molecule has 0 aliphatic carbocycles. The van der Waals surface area contributed by atoms with Gasteiger partial charge in [0.15, 0.2) is 17.3 Å². The number of amides is 1. The summed E-state index contributed by atoms with van der Waals surface area (Å²) in [5.74, 6) is 7.04. The zero-order valence-corrected chi connectivity index (χ0v) is 22.0. The van der Waals surface area contributed by atoms with E-state index in [2.05, 4.69) is 27.3 Å². The van der Waals surface area contributed by atoms with Gasteiger partial charge in [-0.3, -0.25) is 14.3 Å². The standard InChI is InChI=1S/C23H18N2O2.C7H9N5O/c1-3-19-21(17-8-5-4-6-9-17)23(26)22-18(10-7-11-20(22)27-19)13-12-16-14-24-25(2)15-16;8-6-5(7(9)13)12-4(11-6)2-1-3-10-12/h4-11,14-15H,3H2,1-2H3;1-2,10H,3,8H2,(H2,9,13). The first-order chi connectivity index (χ1) is 19.4. The number of aryl methyl sites for hydroxylation is 2. The number of benzene rings is 2. The minimum atomic E-state index is -0.584. The molecule has 0 atom stereocenters. The van der Waals surface area contributed by atoms with E-state index in [1.165, 1.54) is 4.68 Å². The van der Waals surface area contributed by atoms with Crippen LogP contribution in [-0.2, 0) is 13.5 Å². The van der Waals surface area contributed by atoms with Gasteiger partial charge in [0, 0.05) is 31.8 Å². The lowest BCUT2D eigenvalue weighted by Gasteiger charge is -2.12. The van der Waals surface area contributed by atoms with Crippen molar-refractivity contribution in [3.05, 3.63) is 106 Å². The Bertz CT molecular complexity index is 1870. The third-order valence-corrected chi connectivity index (χ3v) is 6.22.